The zero-order valence-electron chi connectivity index (χ0n) is 7.51. The van der Waals surface area contributed by atoms with E-state index in [0.29, 0.717) is 0 Å². The molecule has 0 bridgehead atoms. The lowest BCUT2D eigenvalue weighted by molar-refractivity contribution is 0.104. The fourth-order valence-corrected chi connectivity index (χ4v) is 2.95. The number of carbonyl (C=O) groups excluding carboxylic acids is 1. The molecule has 0 aliphatic heterocycles. The zero-order valence-corrected chi connectivity index (χ0v) is 8.32. The average Bonchev–Trinajstić information content (AvgIpc) is 2.60. The summed E-state index contributed by atoms with van der Waals surface area (Å²) in [4.78, 5) is 12.8. The van der Waals surface area contributed by atoms with Gasteiger partial charge in [0.2, 0.25) is 0 Å². The fourth-order valence-electron chi connectivity index (χ4n) is 1.81. The van der Waals surface area contributed by atoms with Crippen LogP contribution in [-0.2, 0) is 12.8 Å². The first kappa shape index (κ1) is 8.70. The predicted molar refractivity (Wildman–Crippen MR) is 55.5 cm³/mol. The highest BCUT2D eigenvalue weighted by Gasteiger charge is 2.17. The molecular formula is C11H12OS. The van der Waals surface area contributed by atoms with E-state index in [-0.39, 0.29) is 5.78 Å². The van der Waals surface area contributed by atoms with Crippen molar-refractivity contribution in [1.82, 2.24) is 0 Å². The van der Waals surface area contributed by atoms with Gasteiger partial charge in [-0.3, -0.25) is 4.79 Å². The summed E-state index contributed by atoms with van der Waals surface area (Å²) in [6, 6.07) is 0. The number of hydrogen-bond acceptors (Lipinski definition) is 2. The van der Waals surface area contributed by atoms with Crippen molar-refractivity contribution in [2.24, 2.45) is 0 Å². The van der Waals surface area contributed by atoms with Crippen LogP contribution >= 0.6 is 11.3 Å². The van der Waals surface area contributed by atoms with Gasteiger partial charge in [0, 0.05) is 15.8 Å². The van der Waals surface area contributed by atoms with E-state index in [2.05, 4.69) is 6.58 Å². The fraction of sp³-hybridized carbons (Fsp3) is 0.364. The molecule has 2 rings (SSSR count). The highest BCUT2D eigenvalue weighted by atomic mass is 32.1. The lowest BCUT2D eigenvalue weighted by atomic mass is 9.94. The molecule has 0 radical (unpaired) electrons. The molecule has 1 aromatic rings. The van der Waals surface area contributed by atoms with Crippen molar-refractivity contribution < 1.29 is 4.79 Å². The van der Waals surface area contributed by atoms with Crippen LogP contribution in [0.4, 0.5) is 0 Å². The molecule has 0 unspecified atom stereocenters. The Morgan fingerprint density at radius 3 is 3.00 bits per heavy atom. The number of rotatable bonds is 2. The maximum atomic E-state index is 11.4. The minimum Gasteiger partial charge on any atom is -0.289 e. The quantitative estimate of drug-likeness (QED) is 0.520. The van der Waals surface area contributed by atoms with Gasteiger partial charge in [0.25, 0.3) is 0 Å². The van der Waals surface area contributed by atoms with E-state index < -0.39 is 0 Å². The van der Waals surface area contributed by atoms with Gasteiger partial charge < -0.3 is 0 Å². The summed E-state index contributed by atoms with van der Waals surface area (Å²) in [6.07, 6.45) is 6.14. The third-order valence-electron chi connectivity index (χ3n) is 2.51. The van der Waals surface area contributed by atoms with Gasteiger partial charge in [0.1, 0.15) is 0 Å². The highest BCUT2D eigenvalue weighted by Crippen LogP contribution is 2.30. The molecule has 2 heteroatoms. The topological polar surface area (TPSA) is 17.1 Å². The van der Waals surface area contributed by atoms with Gasteiger partial charge in [-0.1, -0.05) is 6.58 Å². The summed E-state index contributed by atoms with van der Waals surface area (Å²) >= 11 is 1.73. The second-order valence-electron chi connectivity index (χ2n) is 3.33. The summed E-state index contributed by atoms with van der Waals surface area (Å²) < 4.78 is 0. The molecule has 13 heavy (non-hydrogen) atoms. The Morgan fingerprint density at radius 2 is 2.23 bits per heavy atom. The minimum absolute atomic E-state index is 0.0828. The number of carbonyl (C=O) groups is 1. The summed E-state index contributed by atoms with van der Waals surface area (Å²) in [7, 11) is 0. The molecule has 1 heterocycles. The molecule has 0 atom stereocenters. The monoisotopic (exact) mass is 192 g/mol. The maximum absolute atomic E-state index is 11.4. The van der Waals surface area contributed by atoms with Gasteiger partial charge in [-0.05, 0) is 37.3 Å². The van der Waals surface area contributed by atoms with E-state index >= 15 is 0 Å². The van der Waals surface area contributed by atoms with Gasteiger partial charge in [-0.25, -0.2) is 0 Å². The summed E-state index contributed by atoms with van der Waals surface area (Å²) in [5.41, 5.74) is 2.19. The lowest BCUT2D eigenvalue weighted by Crippen LogP contribution is -2.03. The Hall–Kier alpha value is -0.890. The Morgan fingerprint density at radius 1 is 1.46 bits per heavy atom. The molecule has 1 aliphatic carbocycles. The van der Waals surface area contributed by atoms with E-state index in [9.17, 15) is 4.79 Å². The van der Waals surface area contributed by atoms with Crippen LogP contribution in [0.15, 0.2) is 18.0 Å². The molecule has 0 saturated heterocycles. The minimum atomic E-state index is 0.0828. The largest absolute Gasteiger partial charge is 0.289 e. The van der Waals surface area contributed by atoms with E-state index in [0.717, 1.165) is 18.4 Å². The van der Waals surface area contributed by atoms with Crippen LogP contribution in [0.3, 0.4) is 0 Å². The van der Waals surface area contributed by atoms with Crippen molar-refractivity contribution in [3.05, 3.63) is 34.0 Å². The third-order valence-corrected chi connectivity index (χ3v) is 3.60. The van der Waals surface area contributed by atoms with Crippen LogP contribution in [0.1, 0.15) is 33.6 Å². The number of hydrogen-bond donors (Lipinski definition) is 0. The first-order chi connectivity index (χ1) is 6.33. The van der Waals surface area contributed by atoms with E-state index in [1.165, 1.54) is 29.4 Å². The van der Waals surface area contributed by atoms with E-state index in [4.69, 9.17) is 0 Å². The molecule has 0 fully saturated rings. The third kappa shape index (κ3) is 1.46. The van der Waals surface area contributed by atoms with Gasteiger partial charge in [0.15, 0.2) is 5.78 Å². The van der Waals surface area contributed by atoms with Crippen LogP contribution in [0.5, 0.6) is 0 Å². The van der Waals surface area contributed by atoms with Crippen LogP contribution in [-0.4, -0.2) is 5.78 Å². The summed E-state index contributed by atoms with van der Waals surface area (Å²) in [5.74, 6) is 0.0828. The van der Waals surface area contributed by atoms with Gasteiger partial charge >= 0.3 is 0 Å². The Balaban J connectivity index is 2.42. The second-order valence-corrected chi connectivity index (χ2v) is 4.29. The zero-order chi connectivity index (χ0) is 9.26. The number of allylic oxidation sites excluding steroid dienone is 1. The molecule has 0 spiro atoms. The van der Waals surface area contributed by atoms with Crippen LogP contribution in [0, 0.1) is 0 Å². The Kier molecular flexibility index (Phi) is 2.32. The van der Waals surface area contributed by atoms with Crippen LogP contribution in [0.2, 0.25) is 0 Å². The highest BCUT2D eigenvalue weighted by molar-refractivity contribution is 7.10. The van der Waals surface area contributed by atoms with Crippen molar-refractivity contribution in [3.63, 3.8) is 0 Å². The standard InChI is InChI=1S/C11H12OS/c1-2-10(12)9-7-13-11-6-4-3-5-8(9)11/h2,7H,1,3-6H2. The number of ketones is 1. The molecule has 0 saturated carbocycles. The summed E-state index contributed by atoms with van der Waals surface area (Å²) in [5, 5.41) is 1.99. The van der Waals surface area contributed by atoms with Crippen LogP contribution in [0.25, 0.3) is 0 Å². The van der Waals surface area contributed by atoms with Gasteiger partial charge in [-0.2, -0.15) is 0 Å². The first-order valence-corrected chi connectivity index (χ1v) is 5.47. The van der Waals surface area contributed by atoms with Crippen molar-refractivity contribution >= 4 is 17.1 Å². The Bertz CT molecular complexity index is 349. The van der Waals surface area contributed by atoms with Gasteiger partial charge in [0.05, 0.1) is 0 Å². The predicted octanol–water partition coefficient (Wildman–Crippen LogP) is 3.00. The second kappa shape index (κ2) is 3.46. The van der Waals surface area contributed by atoms with Crippen molar-refractivity contribution in [2.45, 2.75) is 25.7 Å². The van der Waals surface area contributed by atoms with Crippen molar-refractivity contribution in [3.8, 4) is 0 Å². The first-order valence-electron chi connectivity index (χ1n) is 4.59. The van der Waals surface area contributed by atoms with Crippen molar-refractivity contribution in [2.75, 3.05) is 0 Å². The maximum Gasteiger partial charge on any atom is 0.186 e. The van der Waals surface area contributed by atoms with Crippen molar-refractivity contribution in [1.29, 1.82) is 0 Å². The summed E-state index contributed by atoms with van der Waals surface area (Å²) in [6.45, 7) is 3.52. The number of aryl methyl sites for hydroxylation is 1. The normalized spacial score (nSPS) is 15.1. The molecule has 1 nitrogen and oxygen atoms in total. The molecule has 1 aromatic heterocycles. The van der Waals surface area contributed by atoms with E-state index in [1.807, 2.05) is 5.38 Å². The SMILES string of the molecule is C=CC(=O)c1csc2c1CCCC2. The smallest absolute Gasteiger partial charge is 0.186 e. The van der Waals surface area contributed by atoms with E-state index in [1.54, 1.807) is 11.3 Å². The molecule has 0 amide bonds. The van der Waals surface area contributed by atoms with Gasteiger partial charge in [-0.15, -0.1) is 11.3 Å². The molecule has 0 aromatic carbocycles. The number of fused-ring (bicyclic) bond motifs is 1. The molecule has 68 valence electrons. The molecule has 1 aliphatic rings. The lowest BCUT2D eigenvalue weighted by Gasteiger charge is -2.11. The number of thiophene rings is 1. The molecular weight excluding hydrogens is 180 g/mol. The van der Waals surface area contributed by atoms with Crippen LogP contribution < -0.4 is 0 Å². The Labute approximate surface area is 82.1 Å². The average molecular weight is 192 g/mol. The molecule has 0 N–H and O–H groups in total.